The molecule has 0 saturated carbocycles. The van der Waals surface area contributed by atoms with Crippen molar-refractivity contribution >= 4 is 27.7 Å². The van der Waals surface area contributed by atoms with Crippen LogP contribution in [-0.2, 0) is 11.2 Å². The van der Waals surface area contributed by atoms with E-state index in [2.05, 4.69) is 46.3 Å². The number of benzene rings is 2. The number of rotatable bonds is 4. The Morgan fingerprint density at radius 3 is 2.70 bits per heavy atom. The van der Waals surface area contributed by atoms with Gasteiger partial charge in [0.05, 0.1) is 12.2 Å². The number of halogens is 1. The number of fused-ring (bicyclic) bond motifs is 1. The fourth-order valence-electron chi connectivity index (χ4n) is 3.57. The summed E-state index contributed by atoms with van der Waals surface area (Å²) in [5, 5.41) is 10.2. The summed E-state index contributed by atoms with van der Waals surface area (Å²) in [5.41, 5.74) is 3.52. The van der Waals surface area contributed by atoms with E-state index in [0.717, 1.165) is 28.0 Å². The molecular weight excluding hydrogens is 428 g/mol. The van der Waals surface area contributed by atoms with Crippen LogP contribution in [0.4, 0.5) is 0 Å². The Balaban J connectivity index is 1.56. The van der Waals surface area contributed by atoms with Gasteiger partial charge in [-0.2, -0.15) is 0 Å². The Bertz CT molecular complexity index is 813. The minimum absolute atomic E-state index is 0.0450. The van der Waals surface area contributed by atoms with Crippen LogP contribution >= 0.6 is 27.7 Å². The maximum absolute atomic E-state index is 10.2. The molecule has 6 heteroatoms. The van der Waals surface area contributed by atoms with Crippen LogP contribution in [-0.4, -0.2) is 36.1 Å². The SMILES string of the molecule is CSC1CC(O)CC(c2ccc(Br)c(Cc3ccc4c(c3)OCCO4)c2)O1. The molecule has 1 N–H and O–H groups in total. The lowest BCUT2D eigenvalue weighted by molar-refractivity contribution is -0.0605. The third kappa shape index (κ3) is 4.45. The largest absolute Gasteiger partial charge is 0.486 e. The number of thioether (sulfide) groups is 1. The van der Waals surface area contributed by atoms with E-state index < -0.39 is 0 Å². The Hall–Kier alpha value is -1.21. The van der Waals surface area contributed by atoms with Crippen molar-refractivity contribution < 1.29 is 19.3 Å². The fourth-order valence-corrected chi connectivity index (χ4v) is 4.62. The molecule has 3 unspecified atom stereocenters. The topological polar surface area (TPSA) is 47.9 Å². The lowest BCUT2D eigenvalue weighted by Crippen LogP contribution is -2.29. The molecule has 0 spiro atoms. The first-order valence-electron chi connectivity index (χ1n) is 9.15. The van der Waals surface area contributed by atoms with Crippen LogP contribution < -0.4 is 9.47 Å². The van der Waals surface area contributed by atoms with Gasteiger partial charge in [-0.1, -0.05) is 34.1 Å². The second-order valence-corrected chi connectivity index (χ2v) is 8.77. The first-order chi connectivity index (χ1) is 13.1. The van der Waals surface area contributed by atoms with Gasteiger partial charge in [-0.15, -0.1) is 11.8 Å². The van der Waals surface area contributed by atoms with Gasteiger partial charge < -0.3 is 19.3 Å². The van der Waals surface area contributed by atoms with Gasteiger partial charge in [0.1, 0.15) is 18.6 Å². The highest BCUT2D eigenvalue weighted by Crippen LogP contribution is 2.37. The minimum atomic E-state index is -0.314. The predicted molar refractivity (Wildman–Crippen MR) is 111 cm³/mol. The smallest absolute Gasteiger partial charge is 0.161 e. The van der Waals surface area contributed by atoms with Gasteiger partial charge >= 0.3 is 0 Å². The molecular formula is C21H23BrO4S. The van der Waals surface area contributed by atoms with Crippen LogP contribution in [0.5, 0.6) is 11.5 Å². The summed E-state index contributed by atoms with van der Waals surface area (Å²) in [4.78, 5) is 0. The van der Waals surface area contributed by atoms with Crippen LogP contribution in [0.3, 0.4) is 0 Å². The van der Waals surface area contributed by atoms with E-state index >= 15 is 0 Å². The van der Waals surface area contributed by atoms with E-state index in [1.54, 1.807) is 11.8 Å². The van der Waals surface area contributed by atoms with Gasteiger partial charge in [-0.05, 0) is 47.6 Å². The summed E-state index contributed by atoms with van der Waals surface area (Å²) in [6, 6.07) is 12.4. The molecule has 4 nitrogen and oxygen atoms in total. The molecule has 4 rings (SSSR count). The Labute approximate surface area is 172 Å². The lowest BCUT2D eigenvalue weighted by Gasteiger charge is -2.32. The third-order valence-corrected chi connectivity index (χ3v) is 6.58. The molecule has 1 fully saturated rings. The molecule has 0 aliphatic carbocycles. The summed E-state index contributed by atoms with van der Waals surface area (Å²) in [7, 11) is 0. The van der Waals surface area contributed by atoms with Gasteiger partial charge in [0, 0.05) is 17.3 Å². The maximum Gasteiger partial charge on any atom is 0.161 e. The summed E-state index contributed by atoms with van der Waals surface area (Å²) in [5.74, 6) is 1.62. The molecule has 144 valence electrons. The molecule has 2 aliphatic heterocycles. The van der Waals surface area contributed by atoms with E-state index in [1.807, 2.05) is 12.3 Å². The van der Waals surface area contributed by atoms with Gasteiger partial charge in [0.2, 0.25) is 0 Å². The summed E-state index contributed by atoms with van der Waals surface area (Å²) in [6.07, 6.45) is 3.76. The van der Waals surface area contributed by atoms with Crippen LogP contribution in [0, 0.1) is 0 Å². The van der Waals surface area contributed by atoms with E-state index in [9.17, 15) is 5.11 Å². The highest BCUT2D eigenvalue weighted by atomic mass is 79.9. The van der Waals surface area contributed by atoms with Crippen LogP contribution in [0.2, 0.25) is 0 Å². The Kier molecular flexibility index (Phi) is 5.97. The van der Waals surface area contributed by atoms with Gasteiger partial charge in [-0.25, -0.2) is 0 Å². The molecule has 2 aliphatic rings. The second-order valence-electron chi connectivity index (χ2n) is 6.92. The van der Waals surface area contributed by atoms with E-state index in [4.69, 9.17) is 14.2 Å². The van der Waals surface area contributed by atoms with Gasteiger partial charge in [0.25, 0.3) is 0 Å². The van der Waals surface area contributed by atoms with Crippen molar-refractivity contribution in [2.24, 2.45) is 0 Å². The predicted octanol–water partition coefficient (Wildman–Crippen LogP) is 4.71. The Morgan fingerprint density at radius 1 is 1.07 bits per heavy atom. The third-order valence-electron chi connectivity index (χ3n) is 4.97. The van der Waals surface area contributed by atoms with Crippen molar-refractivity contribution in [2.75, 3.05) is 19.5 Å². The minimum Gasteiger partial charge on any atom is -0.486 e. The molecule has 27 heavy (non-hydrogen) atoms. The van der Waals surface area contributed by atoms with E-state index in [-0.39, 0.29) is 17.6 Å². The van der Waals surface area contributed by atoms with Crippen LogP contribution in [0.15, 0.2) is 40.9 Å². The fraction of sp³-hybridized carbons (Fsp3) is 0.429. The van der Waals surface area contributed by atoms with Crippen molar-refractivity contribution in [3.05, 3.63) is 57.6 Å². The molecule has 0 amide bonds. The Morgan fingerprint density at radius 2 is 1.89 bits per heavy atom. The highest BCUT2D eigenvalue weighted by Gasteiger charge is 2.29. The molecule has 2 aromatic rings. The molecule has 3 atom stereocenters. The van der Waals surface area contributed by atoms with Crippen molar-refractivity contribution in [1.29, 1.82) is 0 Å². The van der Waals surface area contributed by atoms with E-state index in [1.165, 1.54) is 11.1 Å². The van der Waals surface area contributed by atoms with Gasteiger partial charge in [-0.3, -0.25) is 0 Å². The number of aliphatic hydroxyl groups is 1. The molecule has 2 heterocycles. The number of hydrogen-bond donors (Lipinski definition) is 1. The number of aliphatic hydroxyl groups excluding tert-OH is 1. The quantitative estimate of drug-likeness (QED) is 0.730. The molecule has 0 aromatic heterocycles. The number of ether oxygens (including phenoxy) is 3. The zero-order chi connectivity index (χ0) is 18.8. The molecule has 2 aromatic carbocycles. The summed E-state index contributed by atoms with van der Waals surface area (Å²) in [6.45, 7) is 1.19. The van der Waals surface area contributed by atoms with E-state index in [0.29, 0.717) is 26.1 Å². The summed E-state index contributed by atoms with van der Waals surface area (Å²) < 4.78 is 18.5. The standard InChI is InChI=1S/C21H23BrO4S/c1-27-21-12-16(23)11-19(26-21)14-3-4-17(22)15(10-14)8-13-2-5-18-20(9-13)25-7-6-24-18/h2-5,9-10,16,19,21,23H,6-8,11-12H2,1H3. The van der Waals surface area contributed by atoms with Crippen molar-refractivity contribution in [2.45, 2.75) is 36.9 Å². The molecule has 0 bridgehead atoms. The number of hydrogen-bond acceptors (Lipinski definition) is 5. The molecule has 0 radical (unpaired) electrons. The van der Waals surface area contributed by atoms with Gasteiger partial charge in [0.15, 0.2) is 11.5 Å². The first kappa shape index (κ1) is 19.1. The van der Waals surface area contributed by atoms with Crippen molar-refractivity contribution in [1.82, 2.24) is 0 Å². The first-order valence-corrected chi connectivity index (χ1v) is 11.2. The van der Waals surface area contributed by atoms with Crippen LogP contribution in [0.25, 0.3) is 0 Å². The average Bonchev–Trinajstić information content (AvgIpc) is 2.69. The monoisotopic (exact) mass is 450 g/mol. The maximum atomic E-state index is 10.2. The average molecular weight is 451 g/mol. The zero-order valence-electron chi connectivity index (χ0n) is 15.2. The van der Waals surface area contributed by atoms with Crippen molar-refractivity contribution in [3.8, 4) is 11.5 Å². The zero-order valence-corrected chi connectivity index (χ0v) is 17.6. The van der Waals surface area contributed by atoms with Crippen LogP contribution in [0.1, 0.15) is 35.6 Å². The normalized spacial score (nSPS) is 24.6. The molecule has 1 saturated heterocycles. The summed E-state index contributed by atoms with van der Waals surface area (Å²) >= 11 is 5.33. The second kappa shape index (κ2) is 8.43. The highest BCUT2D eigenvalue weighted by molar-refractivity contribution is 9.10. The van der Waals surface area contributed by atoms with Crippen molar-refractivity contribution in [3.63, 3.8) is 0 Å². The lowest BCUT2D eigenvalue weighted by atomic mass is 9.96.